The molecule has 0 fully saturated rings. The van der Waals surface area contributed by atoms with Crippen LogP contribution in [-0.4, -0.2) is 59.8 Å². The number of carbonyl (C=O) groups is 2. The van der Waals surface area contributed by atoms with Gasteiger partial charge in [0.1, 0.15) is 18.0 Å². The third-order valence-electron chi connectivity index (χ3n) is 4.78. The summed E-state index contributed by atoms with van der Waals surface area (Å²) < 4.78 is 11.4. The summed E-state index contributed by atoms with van der Waals surface area (Å²) in [6.07, 6.45) is 3.43. The largest absolute Gasteiger partial charge is 0.492 e. The minimum absolute atomic E-state index is 0.0187. The van der Waals surface area contributed by atoms with Crippen molar-refractivity contribution in [2.45, 2.75) is 52.7 Å². The van der Waals surface area contributed by atoms with Crippen molar-refractivity contribution < 1.29 is 19.1 Å². The van der Waals surface area contributed by atoms with Crippen LogP contribution in [0.5, 0.6) is 5.75 Å². The first-order valence-electron chi connectivity index (χ1n) is 11.4. The van der Waals surface area contributed by atoms with Crippen molar-refractivity contribution >= 4 is 29.3 Å². The van der Waals surface area contributed by atoms with Gasteiger partial charge in [0, 0.05) is 35.6 Å². The van der Waals surface area contributed by atoms with Crippen LogP contribution in [-0.2, 0) is 4.74 Å². The highest BCUT2D eigenvalue weighted by molar-refractivity contribution is 6.31. The summed E-state index contributed by atoms with van der Waals surface area (Å²) in [5.74, 6) is 0.306. The van der Waals surface area contributed by atoms with Gasteiger partial charge in [0.05, 0.1) is 12.2 Å². The van der Waals surface area contributed by atoms with Crippen LogP contribution in [0.25, 0.3) is 0 Å². The van der Waals surface area contributed by atoms with Crippen LogP contribution in [0.4, 0.5) is 10.5 Å². The number of pyridine rings is 1. The average Bonchev–Trinajstić information content (AvgIpc) is 2.75. The number of anilines is 1. The Kier molecular flexibility index (Phi) is 10.1. The summed E-state index contributed by atoms with van der Waals surface area (Å²) in [6, 6.07) is 8.39. The number of carbonyl (C=O) groups excluding carboxylic acids is 2. The van der Waals surface area contributed by atoms with E-state index in [1.807, 2.05) is 34.6 Å². The van der Waals surface area contributed by atoms with Gasteiger partial charge in [-0.1, -0.05) is 11.6 Å². The number of hydrogen-bond acceptors (Lipinski definition) is 6. The quantitative estimate of drug-likeness (QED) is 0.515. The van der Waals surface area contributed by atoms with Crippen molar-refractivity contribution in [3.05, 3.63) is 53.3 Å². The molecule has 2 amide bonds. The third-order valence-corrected chi connectivity index (χ3v) is 5.00. The third kappa shape index (κ3) is 8.50. The Bertz CT molecular complexity index is 948. The van der Waals surface area contributed by atoms with Crippen LogP contribution in [0.1, 0.15) is 51.4 Å². The second-order valence-corrected chi connectivity index (χ2v) is 9.53. The molecular formula is C25H35ClN4O4. The van der Waals surface area contributed by atoms with Crippen molar-refractivity contribution in [3.63, 3.8) is 0 Å². The first kappa shape index (κ1) is 27.4. The number of nitrogens with zero attached hydrogens (tertiary/aromatic N) is 3. The fraction of sp³-hybridized carbons (Fsp3) is 0.480. The summed E-state index contributed by atoms with van der Waals surface area (Å²) in [5.41, 5.74) is 6.06. The van der Waals surface area contributed by atoms with E-state index in [0.29, 0.717) is 41.5 Å². The number of rotatable bonds is 10. The number of amides is 2. The van der Waals surface area contributed by atoms with Crippen LogP contribution >= 0.6 is 11.6 Å². The van der Waals surface area contributed by atoms with E-state index in [4.69, 9.17) is 26.8 Å². The predicted molar refractivity (Wildman–Crippen MR) is 135 cm³/mol. The predicted octanol–water partition coefficient (Wildman–Crippen LogP) is 4.75. The Morgan fingerprint density at radius 1 is 1.12 bits per heavy atom. The average molecular weight is 491 g/mol. The molecule has 9 heteroatoms. The van der Waals surface area contributed by atoms with E-state index in [2.05, 4.69) is 4.98 Å². The lowest BCUT2D eigenvalue weighted by Crippen LogP contribution is -2.39. The summed E-state index contributed by atoms with van der Waals surface area (Å²) in [7, 11) is 0. The molecular weight excluding hydrogens is 456 g/mol. The van der Waals surface area contributed by atoms with Gasteiger partial charge in [0.15, 0.2) is 0 Å². The molecule has 0 aliphatic carbocycles. The minimum Gasteiger partial charge on any atom is -0.492 e. The zero-order valence-corrected chi connectivity index (χ0v) is 21.3. The van der Waals surface area contributed by atoms with Gasteiger partial charge in [-0.15, -0.1) is 0 Å². The molecule has 0 bridgehead atoms. The second-order valence-electron chi connectivity index (χ2n) is 9.10. The lowest BCUT2D eigenvalue weighted by molar-refractivity contribution is 0.0574. The second kappa shape index (κ2) is 12.6. The fourth-order valence-corrected chi connectivity index (χ4v) is 3.44. The first-order chi connectivity index (χ1) is 16.0. The van der Waals surface area contributed by atoms with Gasteiger partial charge in [-0.2, -0.15) is 0 Å². The zero-order valence-electron chi connectivity index (χ0n) is 20.6. The fourth-order valence-electron chi connectivity index (χ4n) is 3.21. The maximum Gasteiger partial charge on any atom is 0.414 e. The van der Waals surface area contributed by atoms with Crippen LogP contribution in [0.15, 0.2) is 42.7 Å². The molecule has 0 spiro atoms. The van der Waals surface area contributed by atoms with Gasteiger partial charge >= 0.3 is 6.09 Å². The summed E-state index contributed by atoms with van der Waals surface area (Å²) in [6.45, 7) is 10.8. The molecule has 8 nitrogen and oxygen atoms in total. The maximum absolute atomic E-state index is 13.1. The normalized spacial score (nSPS) is 11.3. The number of benzene rings is 1. The van der Waals surface area contributed by atoms with Crippen LogP contribution in [0.3, 0.4) is 0 Å². The van der Waals surface area contributed by atoms with Gasteiger partial charge in [0.2, 0.25) is 0 Å². The van der Waals surface area contributed by atoms with Crippen LogP contribution in [0.2, 0.25) is 5.02 Å². The van der Waals surface area contributed by atoms with Gasteiger partial charge in [0.25, 0.3) is 5.91 Å². The SMILES string of the molecule is CC(C)N(CCCN)C(=O)c1cc(Cl)cc(OCCN(C(=O)OC(C)(C)C)c2ccncc2)c1. The summed E-state index contributed by atoms with van der Waals surface area (Å²) in [5, 5.41) is 0.390. The maximum atomic E-state index is 13.1. The summed E-state index contributed by atoms with van der Waals surface area (Å²) >= 11 is 6.28. The monoisotopic (exact) mass is 490 g/mol. The number of halogens is 1. The number of ether oxygens (including phenoxy) is 2. The zero-order chi connectivity index (χ0) is 25.3. The summed E-state index contributed by atoms with van der Waals surface area (Å²) in [4.78, 5) is 33.1. The minimum atomic E-state index is -0.641. The Morgan fingerprint density at radius 2 is 1.79 bits per heavy atom. The lowest BCUT2D eigenvalue weighted by Gasteiger charge is -2.28. The van der Waals surface area contributed by atoms with Crippen molar-refractivity contribution in [2.24, 2.45) is 5.73 Å². The molecule has 1 heterocycles. The molecule has 0 saturated heterocycles. The molecule has 2 N–H and O–H groups in total. The number of hydrogen-bond donors (Lipinski definition) is 1. The molecule has 0 radical (unpaired) electrons. The van der Waals surface area contributed by atoms with Gasteiger partial charge in [-0.05, 0) is 77.9 Å². The molecule has 186 valence electrons. The van der Waals surface area contributed by atoms with Crippen molar-refractivity contribution in [1.82, 2.24) is 9.88 Å². The van der Waals surface area contributed by atoms with E-state index >= 15 is 0 Å². The van der Waals surface area contributed by atoms with Crippen LogP contribution in [0, 0.1) is 0 Å². The smallest absolute Gasteiger partial charge is 0.414 e. The molecule has 1 aromatic carbocycles. The van der Waals surface area contributed by atoms with Gasteiger partial charge in [-0.25, -0.2) is 4.79 Å². The van der Waals surface area contributed by atoms with Gasteiger partial charge in [-0.3, -0.25) is 14.7 Å². The number of aromatic nitrogens is 1. The molecule has 0 saturated carbocycles. The van der Waals surface area contributed by atoms with E-state index < -0.39 is 11.7 Å². The number of nitrogens with two attached hydrogens (primary N) is 1. The Morgan fingerprint density at radius 3 is 2.38 bits per heavy atom. The highest BCUT2D eigenvalue weighted by Gasteiger charge is 2.24. The molecule has 34 heavy (non-hydrogen) atoms. The first-order valence-corrected chi connectivity index (χ1v) is 11.7. The molecule has 2 aromatic rings. The Labute approximate surface area is 207 Å². The van der Waals surface area contributed by atoms with E-state index in [-0.39, 0.29) is 25.1 Å². The van der Waals surface area contributed by atoms with E-state index in [9.17, 15) is 9.59 Å². The standard InChI is InChI=1S/C25H35ClN4O4/c1-18(2)29(12-6-9-27)23(31)19-15-20(26)17-22(16-19)33-14-13-30(21-7-10-28-11-8-21)24(32)34-25(3,4)5/h7-8,10-11,15-18H,6,9,12-14,27H2,1-5H3. The Hall–Kier alpha value is -2.84. The topological polar surface area (TPSA) is 98.0 Å². The molecule has 1 aromatic heterocycles. The molecule has 0 atom stereocenters. The molecule has 0 aliphatic rings. The lowest BCUT2D eigenvalue weighted by atomic mass is 10.1. The highest BCUT2D eigenvalue weighted by atomic mass is 35.5. The molecule has 0 aliphatic heterocycles. The molecule has 0 unspecified atom stereocenters. The Balaban J connectivity index is 2.14. The van der Waals surface area contributed by atoms with Crippen molar-refractivity contribution in [3.8, 4) is 5.75 Å². The van der Waals surface area contributed by atoms with Crippen molar-refractivity contribution in [2.75, 3.05) is 31.1 Å². The van der Waals surface area contributed by atoms with E-state index in [1.165, 1.54) is 4.90 Å². The van der Waals surface area contributed by atoms with E-state index in [1.54, 1.807) is 47.6 Å². The van der Waals surface area contributed by atoms with Crippen LogP contribution < -0.4 is 15.4 Å². The van der Waals surface area contributed by atoms with E-state index in [0.717, 1.165) is 0 Å². The van der Waals surface area contributed by atoms with Crippen molar-refractivity contribution in [1.29, 1.82) is 0 Å². The van der Waals surface area contributed by atoms with Gasteiger partial charge < -0.3 is 20.1 Å². The highest BCUT2D eigenvalue weighted by Crippen LogP contribution is 2.24. The molecule has 2 rings (SSSR count).